The Hall–Kier alpha value is -0.570. The molecule has 88 valence electrons. The van der Waals surface area contributed by atoms with E-state index in [4.69, 9.17) is 0 Å². The number of carbonyl (C=O) groups is 1. The number of nitrogens with zero attached hydrogens (tertiary/aromatic N) is 1. The van der Waals surface area contributed by atoms with Gasteiger partial charge in [0.15, 0.2) is 0 Å². The Morgan fingerprint density at radius 1 is 1.33 bits per heavy atom. The summed E-state index contributed by atoms with van der Waals surface area (Å²) in [4.78, 5) is 13.9. The highest BCUT2D eigenvalue weighted by molar-refractivity contribution is 5.81. The Morgan fingerprint density at radius 3 is 2.33 bits per heavy atom. The molecule has 15 heavy (non-hydrogen) atoms. The molecular formula is C12H24N2O. The van der Waals surface area contributed by atoms with Gasteiger partial charge in [0, 0.05) is 19.6 Å². The molecule has 0 aliphatic carbocycles. The molecule has 0 aromatic heterocycles. The lowest BCUT2D eigenvalue weighted by molar-refractivity contribution is -0.132. The Labute approximate surface area is 93.2 Å². The summed E-state index contributed by atoms with van der Waals surface area (Å²) in [5, 5.41) is 3.31. The van der Waals surface area contributed by atoms with E-state index >= 15 is 0 Å². The fourth-order valence-electron chi connectivity index (χ4n) is 1.76. The minimum Gasteiger partial charge on any atom is -0.341 e. The first-order valence-electron chi connectivity index (χ1n) is 5.92. The van der Waals surface area contributed by atoms with Crippen molar-refractivity contribution < 1.29 is 4.79 Å². The average Bonchev–Trinajstić information content (AvgIpc) is 2.64. The zero-order chi connectivity index (χ0) is 11.5. The lowest BCUT2D eigenvalue weighted by atomic mass is 9.96. The quantitative estimate of drug-likeness (QED) is 0.771. The van der Waals surface area contributed by atoms with Crippen molar-refractivity contribution in [1.82, 2.24) is 10.2 Å². The molecule has 0 aromatic rings. The summed E-state index contributed by atoms with van der Waals surface area (Å²) in [5.41, 5.74) is 0.236. The molecule has 1 fully saturated rings. The summed E-state index contributed by atoms with van der Waals surface area (Å²) in [6.45, 7) is 11.3. The summed E-state index contributed by atoms with van der Waals surface area (Å²) in [7, 11) is 0. The highest BCUT2D eigenvalue weighted by Crippen LogP contribution is 2.12. The van der Waals surface area contributed by atoms with Gasteiger partial charge in [0.05, 0.1) is 6.04 Å². The molecule has 1 N–H and O–H groups in total. The maximum atomic E-state index is 11.9. The SMILES string of the molecule is CC(NCC(C)(C)C)C(=O)N1CCCC1. The lowest BCUT2D eigenvalue weighted by Gasteiger charge is -2.25. The molecule has 0 bridgehead atoms. The fraction of sp³-hybridized carbons (Fsp3) is 0.917. The average molecular weight is 212 g/mol. The topological polar surface area (TPSA) is 32.3 Å². The molecule has 1 unspecified atom stereocenters. The van der Waals surface area contributed by atoms with Crippen molar-refractivity contribution in [2.75, 3.05) is 19.6 Å². The maximum absolute atomic E-state index is 11.9. The number of rotatable bonds is 3. The van der Waals surface area contributed by atoms with Gasteiger partial charge >= 0.3 is 0 Å². The van der Waals surface area contributed by atoms with Crippen molar-refractivity contribution in [3.05, 3.63) is 0 Å². The van der Waals surface area contributed by atoms with Crippen LogP contribution in [0.1, 0.15) is 40.5 Å². The molecule has 3 heteroatoms. The van der Waals surface area contributed by atoms with Crippen molar-refractivity contribution in [2.45, 2.75) is 46.6 Å². The van der Waals surface area contributed by atoms with Crippen LogP contribution in [0.3, 0.4) is 0 Å². The predicted octanol–water partition coefficient (Wildman–Crippen LogP) is 1.63. The summed E-state index contributed by atoms with van der Waals surface area (Å²) in [5.74, 6) is 0.261. The van der Waals surface area contributed by atoms with E-state index in [-0.39, 0.29) is 17.4 Å². The molecule has 1 saturated heterocycles. The number of nitrogens with one attached hydrogen (secondary N) is 1. The molecule has 0 saturated carbocycles. The van der Waals surface area contributed by atoms with Crippen LogP contribution >= 0.6 is 0 Å². The third kappa shape index (κ3) is 4.20. The largest absolute Gasteiger partial charge is 0.341 e. The molecule has 1 heterocycles. The molecule has 1 aliphatic heterocycles. The first kappa shape index (κ1) is 12.5. The van der Waals surface area contributed by atoms with Crippen molar-refractivity contribution in [2.24, 2.45) is 5.41 Å². The van der Waals surface area contributed by atoms with E-state index in [1.807, 2.05) is 11.8 Å². The predicted molar refractivity (Wildman–Crippen MR) is 62.7 cm³/mol. The van der Waals surface area contributed by atoms with Crippen LogP contribution in [0, 0.1) is 5.41 Å². The van der Waals surface area contributed by atoms with E-state index in [0.29, 0.717) is 0 Å². The van der Waals surface area contributed by atoms with Crippen LogP contribution in [0.15, 0.2) is 0 Å². The Morgan fingerprint density at radius 2 is 1.87 bits per heavy atom. The highest BCUT2D eigenvalue weighted by Gasteiger charge is 2.23. The summed E-state index contributed by atoms with van der Waals surface area (Å²) in [6.07, 6.45) is 2.33. The highest BCUT2D eigenvalue weighted by atomic mass is 16.2. The van der Waals surface area contributed by atoms with Crippen LogP contribution in [0.2, 0.25) is 0 Å². The molecule has 1 atom stereocenters. The van der Waals surface area contributed by atoms with Crippen molar-refractivity contribution in [1.29, 1.82) is 0 Å². The Balaban J connectivity index is 2.32. The monoisotopic (exact) mass is 212 g/mol. The minimum absolute atomic E-state index is 0.0395. The first-order valence-corrected chi connectivity index (χ1v) is 5.92. The third-order valence-corrected chi connectivity index (χ3v) is 2.73. The summed E-state index contributed by atoms with van der Waals surface area (Å²) in [6, 6.07) is -0.0395. The zero-order valence-corrected chi connectivity index (χ0v) is 10.5. The smallest absolute Gasteiger partial charge is 0.239 e. The Kier molecular flexibility index (Phi) is 4.14. The molecule has 3 nitrogen and oxygen atoms in total. The minimum atomic E-state index is -0.0395. The van der Waals surface area contributed by atoms with Crippen LogP contribution in [-0.2, 0) is 4.79 Å². The number of likely N-dealkylation sites (tertiary alicyclic amines) is 1. The number of carbonyl (C=O) groups excluding carboxylic acids is 1. The van der Waals surface area contributed by atoms with E-state index in [1.165, 1.54) is 0 Å². The maximum Gasteiger partial charge on any atom is 0.239 e. The number of hydrogen-bond acceptors (Lipinski definition) is 2. The molecule has 0 aromatic carbocycles. The van der Waals surface area contributed by atoms with E-state index < -0.39 is 0 Å². The van der Waals surface area contributed by atoms with Gasteiger partial charge in [-0.3, -0.25) is 4.79 Å². The summed E-state index contributed by atoms with van der Waals surface area (Å²) >= 11 is 0. The zero-order valence-electron chi connectivity index (χ0n) is 10.5. The van der Waals surface area contributed by atoms with Gasteiger partial charge in [-0.05, 0) is 25.2 Å². The van der Waals surface area contributed by atoms with Crippen LogP contribution in [0.4, 0.5) is 0 Å². The van der Waals surface area contributed by atoms with Gasteiger partial charge in [0.2, 0.25) is 5.91 Å². The lowest BCUT2D eigenvalue weighted by Crippen LogP contribution is -2.45. The second kappa shape index (κ2) is 4.97. The van der Waals surface area contributed by atoms with E-state index in [1.54, 1.807) is 0 Å². The van der Waals surface area contributed by atoms with E-state index in [9.17, 15) is 4.79 Å². The number of amides is 1. The number of hydrogen-bond donors (Lipinski definition) is 1. The standard InChI is InChI=1S/C12H24N2O/c1-10(13-9-12(2,3)4)11(15)14-7-5-6-8-14/h10,13H,5-9H2,1-4H3. The van der Waals surface area contributed by atoms with Crippen molar-refractivity contribution >= 4 is 5.91 Å². The van der Waals surface area contributed by atoms with Crippen LogP contribution < -0.4 is 5.32 Å². The van der Waals surface area contributed by atoms with Crippen molar-refractivity contribution in [3.8, 4) is 0 Å². The van der Waals surface area contributed by atoms with Crippen molar-refractivity contribution in [3.63, 3.8) is 0 Å². The van der Waals surface area contributed by atoms with Crippen LogP contribution in [-0.4, -0.2) is 36.5 Å². The van der Waals surface area contributed by atoms with E-state index in [2.05, 4.69) is 26.1 Å². The second-order valence-corrected chi connectivity index (χ2v) is 5.70. The van der Waals surface area contributed by atoms with Gasteiger partial charge in [-0.15, -0.1) is 0 Å². The van der Waals surface area contributed by atoms with E-state index in [0.717, 1.165) is 32.5 Å². The molecule has 1 amide bonds. The molecule has 0 spiro atoms. The van der Waals surface area contributed by atoms with Gasteiger partial charge in [0.25, 0.3) is 0 Å². The molecular weight excluding hydrogens is 188 g/mol. The summed E-state index contributed by atoms with van der Waals surface area (Å²) < 4.78 is 0. The fourth-order valence-corrected chi connectivity index (χ4v) is 1.76. The molecule has 1 aliphatic rings. The second-order valence-electron chi connectivity index (χ2n) is 5.70. The van der Waals surface area contributed by atoms with Crippen LogP contribution in [0.25, 0.3) is 0 Å². The third-order valence-electron chi connectivity index (χ3n) is 2.73. The first-order chi connectivity index (χ1) is 6.90. The van der Waals surface area contributed by atoms with Gasteiger partial charge in [-0.2, -0.15) is 0 Å². The Bertz CT molecular complexity index is 214. The molecule has 1 rings (SSSR count). The van der Waals surface area contributed by atoms with Gasteiger partial charge in [-0.1, -0.05) is 20.8 Å². The molecule has 0 radical (unpaired) electrons. The van der Waals surface area contributed by atoms with Gasteiger partial charge < -0.3 is 10.2 Å². The normalized spacial score (nSPS) is 19.3. The van der Waals surface area contributed by atoms with Gasteiger partial charge in [0.1, 0.15) is 0 Å². The van der Waals surface area contributed by atoms with Gasteiger partial charge in [-0.25, -0.2) is 0 Å². The van der Waals surface area contributed by atoms with Crippen LogP contribution in [0.5, 0.6) is 0 Å².